The second-order valence-electron chi connectivity index (χ2n) is 4.28. The van der Waals surface area contributed by atoms with E-state index in [1.165, 1.54) is 5.56 Å². The Bertz CT molecular complexity index is 394. The molecule has 0 saturated carbocycles. The van der Waals surface area contributed by atoms with Gasteiger partial charge in [0.15, 0.2) is 0 Å². The van der Waals surface area contributed by atoms with Crippen molar-refractivity contribution in [3.8, 4) is 5.75 Å². The van der Waals surface area contributed by atoms with E-state index in [0.717, 1.165) is 25.3 Å². The summed E-state index contributed by atoms with van der Waals surface area (Å²) in [4.78, 5) is 2.19. The van der Waals surface area contributed by atoms with E-state index in [-0.39, 0.29) is 5.84 Å². The Labute approximate surface area is 108 Å². The summed E-state index contributed by atoms with van der Waals surface area (Å²) in [7, 11) is 3.71. The SMILES string of the molecule is COc1cccc(CN(C)CCC/C(N)=N/O)c1. The summed E-state index contributed by atoms with van der Waals surface area (Å²) < 4.78 is 5.19. The molecule has 100 valence electrons. The number of nitrogens with two attached hydrogens (primary N) is 1. The molecule has 0 bridgehead atoms. The molecule has 0 saturated heterocycles. The summed E-state index contributed by atoms with van der Waals surface area (Å²) in [5, 5.41) is 11.4. The van der Waals surface area contributed by atoms with Crippen molar-refractivity contribution in [2.75, 3.05) is 20.7 Å². The van der Waals surface area contributed by atoms with Gasteiger partial charge in [-0.05, 0) is 37.7 Å². The van der Waals surface area contributed by atoms with Gasteiger partial charge in [-0.2, -0.15) is 0 Å². The highest BCUT2D eigenvalue weighted by Crippen LogP contribution is 2.13. The molecule has 0 fully saturated rings. The lowest BCUT2D eigenvalue weighted by molar-refractivity contribution is 0.310. The predicted octanol–water partition coefficient (Wildman–Crippen LogP) is 1.65. The zero-order chi connectivity index (χ0) is 13.4. The van der Waals surface area contributed by atoms with E-state index in [1.807, 2.05) is 25.2 Å². The molecular weight excluding hydrogens is 230 g/mol. The van der Waals surface area contributed by atoms with Crippen LogP contribution in [0, 0.1) is 0 Å². The van der Waals surface area contributed by atoms with Crippen LogP contribution in [0.1, 0.15) is 18.4 Å². The summed E-state index contributed by atoms with van der Waals surface area (Å²) in [6, 6.07) is 8.02. The zero-order valence-electron chi connectivity index (χ0n) is 11.0. The molecule has 1 aromatic carbocycles. The van der Waals surface area contributed by atoms with Gasteiger partial charge < -0.3 is 20.6 Å². The Morgan fingerprint density at radius 2 is 2.28 bits per heavy atom. The molecule has 0 radical (unpaired) electrons. The number of hydrogen-bond donors (Lipinski definition) is 2. The molecule has 5 nitrogen and oxygen atoms in total. The minimum absolute atomic E-state index is 0.282. The maximum Gasteiger partial charge on any atom is 0.139 e. The Balaban J connectivity index is 2.37. The summed E-state index contributed by atoms with van der Waals surface area (Å²) >= 11 is 0. The van der Waals surface area contributed by atoms with Crippen molar-refractivity contribution in [2.24, 2.45) is 10.9 Å². The number of benzene rings is 1. The van der Waals surface area contributed by atoms with Crippen molar-refractivity contribution >= 4 is 5.84 Å². The lowest BCUT2D eigenvalue weighted by Crippen LogP contribution is -2.21. The van der Waals surface area contributed by atoms with E-state index in [4.69, 9.17) is 15.7 Å². The van der Waals surface area contributed by atoms with Gasteiger partial charge in [0, 0.05) is 13.0 Å². The van der Waals surface area contributed by atoms with E-state index < -0.39 is 0 Å². The smallest absolute Gasteiger partial charge is 0.139 e. The van der Waals surface area contributed by atoms with Gasteiger partial charge >= 0.3 is 0 Å². The fourth-order valence-corrected chi connectivity index (χ4v) is 1.74. The third-order valence-corrected chi connectivity index (χ3v) is 2.69. The molecule has 0 heterocycles. The number of hydrogen-bond acceptors (Lipinski definition) is 4. The lowest BCUT2D eigenvalue weighted by Gasteiger charge is -2.16. The van der Waals surface area contributed by atoms with E-state index in [1.54, 1.807) is 7.11 Å². The Kier molecular flexibility index (Phi) is 6.00. The first-order valence-electron chi connectivity index (χ1n) is 5.93. The molecule has 3 N–H and O–H groups in total. The molecule has 5 heteroatoms. The molecule has 18 heavy (non-hydrogen) atoms. The van der Waals surface area contributed by atoms with Crippen molar-refractivity contribution in [1.82, 2.24) is 4.90 Å². The van der Waals surface area contributed by atoms with Crippen LogP contribution in [0.5, 0.6) is 5.75 Å². The maximum absolute atomic E-state index is 8.43. The fraction of sp³-hybridized carbons (Fsp3) is 0.462. The molecule has 0 amide bonds. The second kappa shape index (κ2) is 7.55. The molecule has 0 aliphatic heterocycles. The number of ether oxygens (including phenoxy) is 1. The first kappa shape index (κ1) is 14.3. The zero-order valence-corrected chi connectivity index (χ0v) is 11.0. The van der Waals surface area contributed by atoms with Crippen molar-refractivity contribution in [2.45, 2.75) is 19.4 Å². The van der Waals surface area contributed by atoms with E-state index in [9.17, 15) is 0 Å². The molecule has 1 rings (SSSR count). The number of methoxy groups -OCH3 is 1. The molecule has 0 atom stereocenters. The number of amidine groups is 1. The van der Waals surface area contributed by atoms with Gasteiger partial charge in [-0.15, -0.1) is 0 Å². The highest BCUT2D eigenvalue weighted by atomic mass is 16.5. The Morgan fingerprint density at radius 3 is 2.94 bits per heavy atom. The summed E-state index contributed by atoms with van der Waals surface area (Å²) in [5.41, 5.74) is 6.62. The van der Waals surface area contributed by atoms with Gasteiger partial charge in [0.1, 0.15) is 11.6 Å². The lowest BCUT2D eigenvalue weighted by atomic mass is 10.2. The minimum Gasteiger partial charge on any atom is -0.497 e. The topological polar surface area (TPSA) is 71.1 Å². The van der Waals surface area contributed by atoms with Crippen LogP contribution in [-0.2, 0) is 6.54 Å². The first-order valence-corrected chi connectivity index (χ1v) is 5.93. The average Bonchev–Trinajstić information content (AvgIpc) is 2.38. The molecule has 0 spiro atoms. The van der Waals surface area contributed by atoms with Crippen LogP contribution < -0.4 is 10.5 Å². The third-order valence-electron chi connectivity index (χ3n) is 2.69. The van der Waals surface area contributed by atoms with Crippen LogP contribution in [0.3, 0.4) is 0 Å². The molecule has 0 aromatic heterocycles. The highest BCUT2D eigenvalue weighted by molar-refractivity contribution is 5.79. The van der Waals surface area contributed by atoms with E-state index in [0.29, 0.717) is 6.42 Å². The van der Waals surface area contributed by atoms with E-state index in [2.05, 4.69) is 16.1 Å². The minimum atomic E-state index is 0.282. The highest BCUT2D eigenvalue weighted by Gasteiger charge is 2.02. The molecule has 1 aromatic rings. The summed E-state index contributed by atoms with van der Waals surface area (Å²) in [6.45, 7) is 1.75. The molecule has 0 unspecified atom stereocenters. The van der Waals surface area contributed by atoms with Crippen LogP contribution in [-0.4, -0.2) is 36.6 Å². The van der Waals surface area contributed by atoms with Gasteiger partial charge in [0.2, 0.25) is 0 Å². The van der Waals surface area contributed by atoms with Crippen LogP contribution >= 0.6 is 0 Å². The van der Waals surface area contributed by atoms with E-state index >= 15 is 0 Å². The maximum atomic E-state index is 8.43. The van der Waals surface area contributed by atoms with Crippen molar-refractivity contribution in [1.29, 1.82) is 0 Å². The van der Waals surface area contributed by atoms with Gasteiger partial charge in [-0.3, -0.25) is 0 Å². The van der Waals surface area contributed by atoms with Gasteiger partial charge in [-0.1, -0.05) is 17.3 Å². The summed E-state index contributed by atoms with van der Waals surface area (Å²) in [5.74, 6) is 1.15. The van der Waals surface area contributed by atoms with Gasteiger partial charge in [-0.25, -0.2) is 0 Å². The van der Waals surface area contributed by atoms with Crippen LogP contribution in [0.15, 0.2) is 29.4 Å². The number of rotatable bonds is 7. The van der Waals surface area contributed by atoms with Crippen molar-refractivity contribution < 1.29 is 9.94 Å². The van der Waals surface area contributed by atoms with Gasteiger partial charge in [0.05, 0.1) is 7.11 Å². The second-order valence-corrected chi connectivity index (χ2v) is 4.28. The largest absolute Gasteiger partial charge is 0.497 e. The standard InChI is InChI=1S/C13H21N3O2/c1-16(8-4-7-13(14)15-17)10-11-5-3-6-12(9-11)18-2/h3,5-6,9,17H,4,7-8,10H2,1-2H3,(H2,14,15). The quantitative estimate of drug-likeness (QED) is 0.334. The van der Waals surface area contributed by atoms with Crippen molar-refractivity contribution in [3.05, 3.63) is 29.8 Å². The first-order chi connectivity index (χ1) is 8.65. The predicted molar refractivity (Wildman–Crippen MR) is 72.0 cm³/mol. The van der Waals surface area contributed by atoms with Crippen LogP contribution in [0.25, 0.3) is 0 Å². The third kappa shape index (κ3) is 5.05. The van der Waals surface area contributed by atoms with Crippen LogP contribution in [0.4, 0.5) is 0 Å². The van der Waals surface area contributed by atoms with Crippen molar-refractivity contribution in [3.63, 3.8) is 0 Å². The number of oxime groups is 1. The number of nitrogens with zero attached hydrogens (tertiary/aromatic N) is 2. The monoisotopic (exact) mass is 251 g/mol. The Morgan fingerprint density at radius 1 is 1.50 bits per heavy atom. The normalized spacial score (nSPS) is 11.8. The van der Waals surface area contributed by atoms with Gasteiger partial charge in [0.25, 0.3) is 0 Å². The molecule has 0 aliphatic rings. The Hall–Kier alpha value is -1.75. The molecule has 0 aliphatic carbocycles. The molecular formula is C13H21N3O2. The van der Waals surface area contributed by atoms with Crippen LogP contribution in [0.2, 0.25) is 0 Å². The average molecular weight is 251 g/mol. The fourth-order valence-electron chi connectivity index (χ4n) is 1.74. The summed E-state index contributed by atoms with van der Waals surface area (Å²) in [6.07, 6.45) is 1.48.